The summed E-state index contributed by atoms with van der Waals surface area (Å²) in [5, 5.41) is 9.50. The molecule has 0 spiro atoms. The maximum absolute atomic E-state index is 8.63. The van der Waals surface area contributed by atoms with E-state index in [1.165, 1.54) is 0 Å². The molecule has 0 saturated carbocycles. The fourth-order valence-corrected chi connectivity index (χ4v) is 1.17. The molecular weight excluding hydrogens is 150 g/mol. The van der Waals surface area contributed by atoms with Gasteiger partial charge in [-0.25, -0.2) is 0 Å². The monoisotopic (exact) mass is 156 g/mol. The molecule has 0 saturated heterocycles. The van der Waals surface area contributed by atoms with E-state index < -0.39 is 0 Å². The average molecular weight is 156 g/mol. The third kappa shape index (κ3) is 0.903. The van der Waals surface area contributed by atoms with Crippen LogP contribution in [-0.2, 0) is 0 Å². The Morgan fingerprint density at radius 1 is 1.17 bits per heavy atom. The van der Waals surface area contributed by atoms with Crippen LogP contribution in [0.25, 0.3) is 15.9 Å². The highest BCUT2D eigenvalue weighted by molar-refractivity contribution is 5.91. The van der Waals surface area contributed by atoms with Gasteiger partial charge in [-0.2, -0.15) is 0 Å². The molecule has 0 unspecified atom stereocenters. The smallest absolute Gasteiger partial charge is 0.256 e. The molecule has 0 aliphatic rings. The van der Waals surface area contributed by atoms with Gasteiger partial charge in [0, 0.05) is 12.3 Å². The van der Waals surface area contributed by atoms with Crippen LogP contribution in [0.5, 0.6) is 0 Å². The normalized spacial score (nSPS) is 9.58. The number of benzene rings is 1. The summed E-state index contributed by atoms with van der Waals surface area (Å²) in [7, 11) is 0. The van der Waals surface area contributed by atoms with E-state index in [0.29, 0.717) is 5.69 Å². The molecule has 0 N–H and O–H groups in total. The van der Waals surface area contributed by atoms with Crippen molar-refractivity contribution in [1.82, 2.24) is 4.98 Å². The highest BCUT2D eigenvalue weighted by atomic mass is 14.9. The van der Waals surface area contributed by atoms with Gasteiger partial charge in [-0.3, -0.25) is 4.98 Å². The lowest BCUT2D eigenvalue weighted by atomic mass is 10.2. The van der Waals surface area contributed by atoms with Gasteiger partial charge in [-0.1, -0.05) is 6.07 Å². The molecule has 3 nitrogen and oxygen atoms in total. The van der Waals surface area contributed by atoms with E-state index in [1.807, 2.05) is 24.3 Å². The summed E-state index contributed by atoms with van der Waals surface area (Å²) < 4.78 is 0. The molecule has 1 heterocycles. The minimum Gasteiger partial charge on any atom is -0.256 e. The molecule has 0 bridgehead atoms. The second kappa shape index (κ2) is 2.59. The number of pyridine rings is 1. The van der Waals surface area contributed by atoms with Crippen LogP contribution in [0.2, 0.25) is 0 Å². The molecule has 0 fully saturated rings. The number of diazo groups is 1. The van der Waals surface area contributed by atoms with E-state index in [4.69, 9.17) is 5.39 Å². The van der Waals surface area contributed by atoms with Crippen LogP contribution in [0.15, 0.2) is 36.5 Å². The van der Waals surface area contributed by atoms with Crippen LogP contribution in [0.4, 0.5) is 5.69 Å². The fraction of sp³-hybridized carbons (Fsp3) is 0. The Balaban J connectivity index is 2.91. The quantitative estimate of drug-likeness (QED) is 0.550. The van der Waals surface area contributed by atoms with E-state index in [1.54, 1.807) is 12.3 Å². The topological polar surface area (TPSA) is 41.0 Å². The van der Waals surface area contributed by atoms with Gasteiger partial charge in [0.15, 0.2) is 4.98 Å². The highest BCUT2D eigenvalue weighted by Gasteiger charge is 2.09. The van der Waals surface area contributed by atoms with Crippen molar-refractivity contribution >= 4 is 16.6 Å². The number of rotatable bonds is 0. The van der Waals surface area contributed by atoms with Gasteiger partial charge in [0.1, 0.15) is 0 Å². The van der Waals surface area contributed by atoms with Gasteiger partial charge < -0.3 is 0 Å². The molecule has 1 aromatic carbocycles. The van der Waals surface area contributed by atoms with Gasteiger partial charge in [-0.05, 0) is 18.2 Å². The molecule has 1 aromatic heterocycles. The summed E-state index contributed by atoms with van der Waals surface area (Å²) in [5.41, 5.74) is 1.40. The Labute approximate surface area is 69.3 Å². The van der Waals surface area contributed by atoms with Crippen LogP contribution in [0, 0.1) is 5.39 Å². The molecule has 0 amide bonds. The third-order valence-corrected chi connectivity index (χ3v) is 1.73. The van der Waals surface area contributed by atoms with E-state index in [2.05, 4.69) is 9.96 Å². The van der Waals surface area contributed by atoms with Crippen molar-refractivity contribution in [2.45, 2.75) is 0 Å². The zero-order valence-electron chi connectivity index (χ0n) is 6.31. The minimum absolute atomic E-state index is 0.556. The highest BCUT2D eigenvalue weighted by Crippen LogP contribution is 2.23. The van der Waals surface area contributed by atoms with Crippen molar-refractivity contribution < 1.29 is 0 Å². The van der Waals surface area contributed by atoms with Crippen molar-refractivity contribution in [2.24, 2.45) is 0 Å². The summed E-state index contributed by atoms with van der Waals surface area (Å²) >= 11 is 0. The first-order valence-corrected chi connectivity index (χ1v) is 3.60. The Morgan fingerprint density at radius 3 is 2.92 bits per heavy atom. The predicted molar refractivity (Wildman–Crippen MR) is 46.5 cm³/mol. The van der Waals surface area contributed by atoms with Crippen LogP contribution in [0.1, 0.15) is 0 Å². The SMILES string of the molecule is N#[N+]c1cccc2ncccc12. The largest absolute Gasteiger partial charge is 0.394 e. The molecule has 0 radical (unpaired) electrons. The van der Waals surface area contributed by atoms with Crippen molar-refractivity contribution in [3.8, 4) is 0 Å². The van der Waals surface area contributed by atoms with Crippen LogP contribution in [0.3, 0.4) is 0 Å². The Kier molecular flexibility index (Phi) is 1.45. The number of hydrogen-bond donors (Lipinski definition) is 0. The van der Waals surface area contributed by atoms with Crippen molar-refractivity contribution in [1.29, 1.82) is 5.39 Å². The number of aromatic nitrogens is 1. The Morgan fingerprint density at radius 2 is 2.08 bits per heavy atom. The number of hydrogen-bond acceptors (Lipinski definition) is 2. The van der Waals surface area contributed by atoms with E-state index >= 15 is 0 Å². The summed E-state index contributed by atoms with van der Waals surface area (Å²) in [6, 6.07) is 9.12. The van der Waals surface area contributed by atoms with Crippen LogP contribution >= 0.6 is 0 Å². The summed E-state index contributed by atoms with van der Waals surface area (Å²) in [4.78, 5) is 7.28. The van der Waals surface area contributed by atoms with Gasteiger partial charge in [-0.15, -0.1) is 0 Å². The number of fused-ring (bicyclic) bond motifs is 1. The fourth-order valence-electron chi connectivity index (χ4n) is 1.17. The van der Waals surface area contributed by atoms with E-state index in [-0.39, 0.29) is 0 Å². The van der Waals surface area contributed by atoms with Crippen molar-refractivity contribution in [3.63, 3.8) is 0 Å². The molecule has 2 aromatic rings. The molecule has 3 heteroatoms. The second-order valence-electron chi connectivity index (χ2n) is 2.45. The Bertz CT molecular complexity index is 451. The third-order valence-electron chi connectivity index (χ3n) is 1.73. The zero-order chi connectivity index (χ0) is 8.39. The number of nitrogens with zero attached hydrogens (tertiary/aromatic N) is 3. The first-order chi connectivity index (χ1) is 5.92. The summed E-state index contributed by atoms with van der Waals surface area (Å²) in [6.45, 7) is 0. The van der Waals surface area contributed by atoms with Gasteiger partial charge in [0.25, 0.3) is 0 Å². The lowest BCUT2D eigenvalue weighted by molar-refractivity contribution is 1.41. The van der Waals surface area contributed by atoms with Gasteiger partial charge in [0.2, 0.25) is 5.39 Å². The molecule has 2 rings (SSSR count). The first kappa shape index (κ1) is 6.74. The maximum Gasteiger partial charge on any atom is 0.394 e. The average Bonchev–Trinajstić information content (AvgIpc) is 2.17. The maximum atomic E-state index is 8.63. The van der Waals surface area contributed by atoms with Gasteiger partial charge in [0.05, 0.1) is 10.9 Å². The van der Waals surface area contributed by atoms with E-state index in [0.717, 1.165) is 10.9 Å². The molecule has 12 heavy (non-hydrogen) atoms. The molecule has 0 aliphatic carbocycles. The van der Waals surface area contributed by atoms with E-state index in [9.17, 15) is 0 Å². The molecule has 56 valence electrons. The summed E-state index contributed by atoms with van der Waals surface area (Å²) in [6.07, 6.45) is 1.71. The summed E-state index contributed by atoms with van der Waals surface area (Å²) in [5.74, 6) is 0. The van der Waals surface area contributed by atoms with Crippen molar-refractivity contribution in [2.75, 3.05) is 0 Å². The molecular formula is C9H6N3+. The molecule has 0 atom stereocenters. The van der Waals surface area contributed by atoms with Crippen molar-refractivity contribution in [3.05, 3.63) is 41.5 Å². The van der Waals surface area contributed by atoms with Crippen LogP contribution in [-0.4, -0.2) is 4.98 Å². The molecule has 0 aliphatic heterocycles. The first-order valence-electron chi connectivity index (χ1n) is 3.60. The van der Waals surface area contributed by atoms with Crippen LogP contribution < -0.4 is 0 Å². The predicted octanol–water partition coefficient (Wildman–Crippen LogP) is 2.72. The Hall–Kier alpha value is -1.95. The van der Waals surface area contributed by atoms with Gasteiger partial charge >= 0.3 is 5.69 Å². The zero-order valence-corrected chi connectivity index (χ0v) is 6.31. The lowest BCUT2D eigenvalue weighted by Crippen LogP contribution is -1.75. The minimum atomic E-state index is 0.556. The standard InChI is InChI=1S/C9H6N3/c10-12-9-5-1-4-8-7(9)3-2-6-11-8/h1-6H/q+1. The lowest BCUT2D eigenvalue weighted by Gasteiger charge is -1.89. The second-order valence-corrected chi connectivity index (χ2v) is 2.45.